The van der Waals surface area contributed by atoms with Gasteiger partial charge in [-0.05, 0) is 24.3 Å². The summed E-state index contributed by atoms with van der Waals surface area (Å²) in [5.41, 5.74) is -0.180. The van der Waals surface area contributed by atoms with Crippen LogP contribution in [0.15, 0.2) is 46.1 Å². The number of halogens is 1. The number of rotatable bonds is 5. The standard InChI is InChI=1S/C12H10FNO5S/c13-11-2-1-8(12(15)16)5-9(11)6-14-20(17,18)10-3-4-19-7-10/h1-5,7,14H,6H2,(H,15,16). The van der Waals surface area contributed by atoms with Crippen molar-refractivity contribution in [3.05, 3.63) is 53.7 Å². The summed E-state index contributed by atoms with van der Waals surface area (Å²) >= 11 is 0. The SMILES string of the molecule is O=C(O)c1ccc(F)c(CNS(=O)(=O)c2ccoc2)c1. The molecule has 0 unspecified atom stereocenters. The minimum atomic E-state index is -3.82. The van der Waals surface area contributed by atoms with Crippen molar-refractivity contribution in [1.82, 2.24) is 4.72 Å². The van der Waals surface area contributed by atoms with E-state index in [0.717, 1.165) is 24.5 Å². The summed E-state index contributed by atoms with van der Waals surface area (Å²) in [4.78, 5) is 10.7. The zero-order chi connectivity index (χ0) is 14.8. The summed E-state index contributed by atoms with van der Waals surface area (Å²) in [6, 6.07) is 4.40. The number of carboxylic acids is 1. The molecule has 2 N–H and O–H groups in total. The van der Waals surface area contributed by atoms with Crippen LogP contribution in [0.1, 0.15) is 15.9 Å². The van der Waals surface area contributed by atoms with Crippen LogP contribution in [-0.4, -0.2) is 19.5 Å². The maximum Gasteiger partial charge on any atom is 0.335 e. The van der Waals surface area contributed by atoms with Crippen LogP contribution in [0.2, 0.25) is 0 Å². The third-order valence-corrected chi connectivity index (χ3v) is 3.93. The first-order chi connectivity index (χ1) is 9.40. The van der Waals surface area contributed by atoms with Crippen LogP contribution in [0, 0.1) is 5.82 Å². The fourth-order valence-corrected chi connectivity index (χ4v) is 2.43. The quantitative estimate of drug-likeness (QED) is 0.874. The van der Waals surface area contributed by atoms with E-state index < -0.39 is 21.8 Å². The van der Waals surface area contributed by atoms with Gasteiger partial charge in [-0.3, -0.25) is 0 Å². The number of benzene rings is 1. The molecule has 8 heteroatoms. The van der Waals surface area contributed by atoms with Crippen LogP contribution in [0.4, 0.5) is 4.39 Å². The molecule has 20 heavy (non-hydrogen) atoms. The first-order valence-electron chi connectivity index (χ1n) is 5.44. The van der Waals surface area contributed by atoms with Crippen molar-refractivity contribution in [2.24, 2.45) is 0 Å². The second kappa shape index (κ2) is 5.43. The number of hydrogen-bond acceptors (Lipinski definition) is 4. The lowest BCUT2D eigenvalue weighted by molar-refractivity contribution is 0.0696. The Morgan fingerprint density at radius 1 is 1.35 bits per heavy atom. The smallest absolute Gasteiger partial charge is 0.335 e. The van der Waals surface area contributed by atoms with Crippen molar-refractivity contribution < 1.29 is 27.1 Å². The second-order valence-corrected chi connectivity index (χ2v) is 5.66. The fourth-order valence-electron chi connectivity index (χ4n) is 1.50. The summed E-state index contributed by atoms with van der Waals surface area (Å²) in [5, 5.41) is 8.80. The molecule has 0 saturated carbocycles. The van der Waals surface area contributed by atoms with Crippen molar-refractivity contribution >= 4 is 16.0 Å². The van der Waals surface area contributed by atoms with Crippen LogP contribution in [0.25, 0.3) is 0 Å². The molecule has 0 bridgehead atoms. The Morgan fingerprint density at radius 3 is 2.70 bits per heavy atom. The van der Waals surface area contributed by atoms with Gasteiger partial charge in [-0.15, -0.1) is 0 Å². The highest BCUT2D eigenvalue weighted by molar-refractivity contribution is 7.89. The van der Waals surface area contributed by atoms with Gasteiger partial charge in [0.05, 0.1) is 11.8 Å². The molecule has 0 amide bonds. The summed E-state index contributed by atoms with van der Waals surface area (Å²) in [6.45, 7) is -0.361. The number of furan rings is 1. The van der Waals surface area contributed by atoms with Gasteiger partial charge in [0, 0.05) is 12.1 Å². The highest BCUT2D eigenvalue weighted by Crippen LogP contribution is 2.13. The molecular formula is C12H10FNO5S. The van der Waals surface area contributed by atoms with E-state index in [-0.39, 0.29) is 22.6 Å². The minimum absolute atomic E-state index is 0.0584. The van der Waals surface area contributed by atoms with E-state index in [2.05, 4.69) is 9.14 Å². The molecule has 0 aliphatic heterocycles. The van der Waals surface area contributed by atoms with Gasteiger partial charge >= 0.3 is 5.97 Å². The molecule has 0 saturated heterocycles. The Labute approximate surface area is 113 Å². The van der Waals surface area contributed by atoms with Gasteiger partial charge in [0.15, 0.2) is 0 Å². The first kappa shape index (κ1) is 14.2. The van der Waals surface area contributed by atoms with Crippen molar-refractivity contribution in [2.75, 3.05) is 0 Å². The lowest BCUT2D eigenvalue weighted by atomic mass is 10.1. The summed E-state index contributed by atoms with van der Waals surface area (Å²) in [5.74, 6) is -1.91. The van der Waals surface area contributed by atoms with Crippen LogP contribution < -0.4 is 4.72 Å². The second-order valence-electron chi connectivity index (χ2n) is 3.89. The van der Waals surface area contributed by atoms with E-state index in [9.17, 15) is 17.6 Å². The molecule has 2 aromatic rings. The van der Waals surface area contributed by atoms with Crippen molar-refractivity contribution in [3.8, 4) is 0 Å². The molecule has 0 spiro atoms. The van der Waals surface area contributed by atoms with Gasteiger partial charge in [0.1, 0.15) is 17.0 Å². The Kier molecular flexibility index (Phi) is 3.86. The molecule has 1 heterocycles. The molecule has 0 aliphatic rings. The molecule has 106 valence electrons. The van der Waals surface area contributed by atoms with Crippen LogP contribution in [-0.2, 0) is 16.6 Å². The molecule has 0 radical (unpaired) electrons. The van der Waals surface area contributed by atoms with Gasteiger partial charge in [-0.25, -0.2) is 22.3 Å². The molecule has 0 atom stereocenters. The van der Waals surface area contributed by atoms with E-state index in [1.54, 1.807) is 0 Å². The third-order valence-electron chi connectivity index (χ3n) is 2.55. The van der Waals surface area contributed by atoms with Gasteiger partial charge in [0.2, 0.25) is 10.0 Å². The lowest BCUT2D eigenvalue weighted by Crippen LogP contribution is -2.23. The zero-order valence-electron chi connectivity index (χ0n) is 10.0. The molecule has 1 aromatic carbocycles. The predicted molar refractivity (Wildman–Crippen MR) is 66.1 cm³/mol. The Hall–Kier alpha value is -2.19. The Balaban J connectivity index is 2.19. The Bertz CT molecular complexity index is 724. The lowest BCUT2D eigenvalue weighted by Gasteiger charge is -2.06. The highest BCUT2D eigenvalue weighted by Gasteiger charge is 2.16. The van der Waals surface area contributed by atoms with Crippen LogP contribution >= 0.6 is 0 Å². The molecule has 6 nitrogen and oxygen atoms in total. The number of carbonyl (C=O) groups is 1. The van der Waals surface area contributed by atoms with E-state index in [1.807, 2.05) is 0 Å². The predicted octanol–water partition coefficient (Wildman–Crippen LogP) is 1.60. The zero-order valence-corrected chi connectivity index (χ0v) is 10.9. The first-order valence-corrected chi connectivity index (χ1v) is 6.92. The molecule has 1 aromatic heterocycles. The van der Waals surface area contributed by atoms with Crippen LogP contribution in [0.5, 0.6) is 0 Å². The molecule has 0 fully saturated rings. The fraction of sp³-hybridized carbons (Fsp3) is 0.0833. The number of sulfonamides is 1. The van der Waals surface area contributed by atoms with Gasteiger partial charge < -0.3 is 9.52 Å². The molecule has 2 rings (SSSR count). The number of nitrogens with one attached hydrogen (secondary N) is 1. The topological polar surface area (TPSA) is 96.6 Å². The van der Waals surface area contributed by atoms with Crippen molar-refractivity contribution in [3.63, 3.8) is 0 Å². The third kappa shape index (κ3) is 3.03. The van der Waals surface area contributed by atoms with Gasteiger partial charge in [-0.1, -0.05) is 0 Å². The number of carboxylic acid groups (broad SMARTS) is 1. The summed E-state index contributed by atoms with van der Waals surface area (Å²) < 4.78 is 43.9. The van der Waals surface area contributed by atoms with Gasteiger partial charge in [-0.2, -0.15) is 0 Å². The van der Waals surface area contributed by atoms with E-state index in [1.165, 1.54) is 12.3 Å². The maximum absolute atomic E-state index is 13.5. The van der Waals surface area contributed by atoms with E-state index >= 15 is 0 Å². The van der Waals surface area contributed by atoms with E-state index in [0.29, 0.717) is 0 Å². The normalized spacial score (nSPS) is 11.4. The minimum Gasteiger partial charge on any atom is -0.478 e. The molecular weight excluding hydrogens is 289 g/mol. The summed E-state index contributed by atoms with van der Waals surface area (Å²) in [6.07, 6.45) is 2.23. The largest absolute Gasteiger partial charge is 0.478 e. The van der Waals surface area contributed by atoms with E-state index in [4.69, 9.17) is 5.11 Å². The monoisotopic (exact) mass is 299 g/mol. The number of aromatic carboxylic acids is 1. The van der Waals surface area contributed by atoms with Gasteiger partial charge in [0.25, 0.3) is 0 Å². The van der Waals surface area contributed by atoms with Crippen molar-refractivity contribution in [2.45, 2.75) is 11.4 Å². The molecule has 0 aliphatic carbocycles. The Morgan fingerprint density at radius 2 is 2.10 bits per heavy atom. The van der Waals surface area contributed by atoms with Crippen LogP contribution in [0.3, 0.4) is 0 Å². The summed E-state index contributed by atoms with van der Waals surface area (Å²) in [7, 11) is -3.82. The average Bonchev–Trinajstić information content (AvgIpc) is 2.92. The number of hydrogen-bond donors (Lipinski definition) is 2. The maximum atomic E-state index is 13.5. The highest BCUT2D eigenvalue weighted by atomic mass is 32.2. The van der Waals surface area contributed by atoms with Crippen molar-refractivity contribution in [1.29, 1.82) is 0 Å². The average molecular weight is 299 g/mol.